The van der Waals surface area contributed by atoms with Crippen LogP contribution >= 0.6 is 7.82 Å². The van der Waals surface area contributed by atoms with Gasteiger partial charge in [-0.05, 0) is 38.5 Å². The second kappa shape index (κ2) is 35.4. The molecule has 0 aromatic rings. The van der Waals surface area contributed by atoms with Gasteiger partial charge in [0.25, 0.3) is 0 Å². The van der Waals surface area contributed by atoms with Gasteiger partial charge >= 0.3 is 19.8 Å². The van der Waals surface area contributed by atoms with E-state index in [1.165, 1.54) is 89.9 Å². The summed E-state index contributed by atoms with van der Waals surface area (Å²) >= 11 is 0. The fraction of sp³-hybridized carbons (Fsp3) is 0.846. The number of hydrogen-bond donors (Lipinski definition) is 2. The fourth-order valence-corrected chi connectivity index (χ4v) is 5.87. The molecule has 0 aliphatic carbocycles. The zero-order valence-corrected chi connectivity index (χ0v) is 31.8. The molecule has 0 fully saturated rings. The van der Waals surface area contributed by atoms with Crippen molar-refractivity contribution >= 4 is 19.8 Å². The number of carbonyl (C=O) groups excluding carboxylic acids is 2. The first-order valence-electron chi connectivity index (χ1n) is 19.6. The van der Waals surface area contributed by atoms with E-state index in [1.54, 1.807) is 0 Å². The zero-order chi connectivity index (χ0) is 35.4. The zero-order valence-electron chi connectivity index (χ0n) is 30.9. The summed E-state index contributed by atoms with van der Waals surface area (Å²) in [6.07, 6.45) is 38.9. The number of rotatable bonds is 36. The summed E-state index contributed by atoms with van der Waals surface area (Å²) in [6, 6.07) is 0. The molecule has 0 aromatic carbocycles. The SMILES string of the molecule is CCCC/C=C/C/C=C/CCCCCCCC(=O)OC[C@H](COP(=O)(O)O)OC(=O)CCCCCCCCCCCCCCCCCC. The standard InChI is InChI=1S/C39H73O8P/c1-3-5-7-9-11-13-15-17-19-20-22-24-26-28-30-32-34-39(41)47-37(36-46-48(42,43)44)35-45-38(40)33-31-29-27-25-23-21-18-16-14-12-10-8-6-4-2/h10,12,16,18,37H,3-9,11,13-15,17,19-36H2,1-2H3,(H2,42,43,44)/b12-10+,18-16+/t37-/m1/s1. The van der Waals surface area contributed by atoms with E-state index < -0.39 is 32.5 Å². The van der Waals surface area contributed by atoms with E-state index in [0.717, 1.165) is 64.2 Å². The number of phosphoric ester groups is 1. The summed E-state index contributed by atoms with van der Waals surface area (Å²) in [7, 11) is -4.75. The van der Waals surface area contributed by atoms with Crippen molar-refractivity contribution < 1.29 is 37.9 Å². The van der Waals surface area contributed by atoms with Crippen molar-refractivity contribution in [3.8, 4) is 0 Å². The van der Waals surface area contributed by atoms with Crippen molar-refractivity contribution in [3.63, 3.8) is 0 Å². The Bertz CT molecular complexity index is 838. The first-order chi connectivity index (χ1) is 23.3. The molecule has 0 radical (unpaired) electrons. The first kappa shape index (κ1) is 46.5. The molecule has 0 bridgehead atoms. The minimum absolute atomic E-state index is 0.213. The van der Waals surface area contributed by atoms with Crippen molar-refractivity contribution in [2.24, 2.45) is 0 Å². The minimum Gasteiger partial charge on any atom is -0.462 e. The van der Waals surface area contributed by atoms with Crippen LogP contribution in [0.5, 0.6) is 0 Å². The molecule has 0 spiro atoms. The molecule has 0 heterocycles. The minimum atomic E-state index is -4.75. The van der Waals surface area contributed by atoms with E-state index in [-0.39, 0.29) is 19.4 Å². The monoisotopic (exact) mass is 701 g/mol. The van der Waals surface area contributed by atoms with Crippen LogP contribution in [0.4, 0.5) is 0 Å². The molecule has 0 saturated carbocycles. The lowest BCUT2D eigenvalue weighted by Crippen LogP contribution is -2.29. The van der Waals surface area contributed by atoms with Crippen LogP contribution in [-0.4, -0.2) is 41.0 Å². The van der Waals surface area contributed by atoms with Crippen molar-refractivity contribution in [2.75, 3.05) is 13.2 Å². The number of carbonyl (C=O) groups is 2. The predicted molar refractivity (Wildman–Crippen MR) is 198 cm³/mol. The quantitative estimate of drug-likeness (QED) is 0.0287. The number of hydrogen-bond acceptors (Lipinski definition) is 6. The highest BCUT2D eigenvalue weighted by atomic mass is 31.2. The Morgan fingerprint density at radius 2 is 0.958 bits per heavy atom. The average molecular weight is 701 g/mol. The molecule has 0 aliphatic rings. The molecule has 0 aromatic heterocycles. The van der Waals surface area contributed by atoms with Gasteiger partial charge < -0.3 is 19.3 Å². The van der Waals surface area contributed by atoms with Crippen LogP contribution in [0.3, 0.4) is 0 Å². The molecule has 0 amide bonds. The summed E-state index contributed by atoms with van der Waals surface area (Å²) < 4.78 is 26.3. The average Bonchev–Trinajstić information content (AvgIpc) is 3.05. The van der Waals surface area contributed by atoms with Crippen molar-refractivity contribution in [3.05, 3.63) is 24.3 Å². The van der Waals surface area contributed by atoms with Gasteiger partial charge in [-0.3, -0.25) is 14.1 Å². The van der Waals surface area contributed by atoms with Gasteiger partial charge in [0.05, 0.1) is 6.61 Å². The van der Waals surface area contributed by atoms with Gasteiger partial charge in [-0.1, -0.05) is 167 Å². The van der Waals surface area contributed by atoms with Crippen molar-refractivity contribution in [2.45, 2.75) is 200 Å². The van der Waals surface area contributed by atoms with Crippen LogP contribution in [0.2, 0.25) is 0 Å². The van der Waals surface area contributed by atoms with Crippen molar-refractivity contribution in [1.29, 1.82) is 0 Å². The third kappa shape index (κ3) is 37.4. The molecule has 0 saturated heterocycles. The van der Waals surface area contributed by atoms with Gasteiger partial charge in [-0.2, -0.15) is 0 Å². The molecule has 8 nitrogen and oxygen atoms in total. The molecule has 9 heteroatoms. The van der Waals surface area contributed by atoms with Gasteiger partial charge in [-0.25, -0.2) is 4.57 Å². The second-order valence-electron chi connectivity index (χ2n) is 13.3. The first-order valence-corrected chi connectivity index (χ1v) is 21.2. The predicted octanol–water partition coefficient (Wildman–Crippen LogP) is 11.6. The Balaban J connectivity index is 3.94. The Morgan fingerprint density at radius 3 is 1.44 bits per heavy atom. The number of phosphoric acid groups is 1. The molecular weight excluding hydrogens is 627 g/mol. The van der Waals surface area contributed by atoms with E-state index in [4.69, 9.17) is 19.3 Å². The summed E-state index contributed by atoms with van der Waals surface area (Å²) in [5.74, 6) is -0.894. The molecule has 48 heavy (non-hydrogen) atoms. The van der Waals surface area contributed by atoms with E-state index in [2.05, 4.69) is 42.7 Å². The Labute approximate surface area is 294 Å². The number of allylic oxidation sites excluding steroid dienone is 4. The Morgan fingerprint density at radius 1 is 0.542 bits per heavy atom. The normalized spacial score (nSPS) is 12.7. The lowest BCUT2D eigenvalue weighted by molar-refractivity contribution is -0.161. The molecule has 282 valence electrons. The Kier molecular flexibility index (Phi) is 34.3. The fourth-order valence-electron chi connectivity index (χ4n) is 5.51. The van der Waals surface area contributed by atoms with Gasteiger partial charge in [-0.15, -0.1) is 0 Å². The molecule has 0 aliphatic heterocycles. The molecular formula is C39H73O8P. The van der Waals surface area contributed by atoms with E-state index in [0.29, 0.717) is 12.8 Å². The largest absolute Gasteiger partial charge is 0.469 e. The lowest BCUT2D eigenvalue weighted by atomic mass is 10.0. The van der Waals surface area contributed by atoms with Gasteiger partial charge in [0.2, 0.25) is 0 Å². The highest BCUT2D eigenvalue weighted by molar-refractivity contribution is 7.46. The van der Waals surface area contributed by atoms with Crippen LogP contribution < -0.4 is 0 Å². The maximum Gasteiger partial charge on any atom is 0.469 e. The van der Waals surface area contributed by atoms with E-state index >= 15 is 0 Å². The topological polar surface area (TPSA) is 119 Å². The summed E-state index contributed by atoms with van der Waals surface area (Å²) in [4.78, 5) is 42.7. The molecule has 0 unspecified atom stereocenters. The highest BCUT2D eigenvalue weighted by Crippen LogP contribution is 2.36. The maximum atomic E-state index is 12.4. The van der Waals surface area contributed by atoms with Crippen LogP contribution in [-0.2, 0) is 28.2 Å². The maximum absolute atomic E-state index is 12.4. The third-order valence-electron chi connectivity index (χ3n) is 8.47. The van der Waals surface area contributed by atoms with Crippen LogP contribution in [0.25, 0.3) is 0 Å². The number of unbranched alkanes of at least 4 members (excludes halogenated alkanes) is 22. The summed E-state index contributed by atoms with van der Waals surface area (Å²) in [5, 5.41) is 0. The van der Waals surface area contributed by atoms with Crippen LogP contribution in [0, 0.1) is 0 Å². The third-order valence-corrected chi connectivity index (χ3v) is 8.96. The highest BCUT2D eigenvalue weighted by Gasteiger charge is 2.22. The Hall–Kier alpha value is -1.47. The summed E-state index contributed by atoms with van der Waals surface area (Å²) in [5.41, 5.74) is 0. The van der Waals surface area contributed by atoms with Crippen LogP contribution in [0.1, 0.15) is 194 Å². The van der Waals surface area contributed by atoms with Gasteiger partial charge in [0, 0.05) is 12.8 Å². The molecule has 0 rings (SSSR count). The molecule has 2 N–H and O–H groups in total. The lowest BCUT2D eigenvalue weighted by Gasteiger charge is -2.18. The van der Waals surface area contributed by atoms with Crippen LogP contribution in [0.15, 0.2) is 24.3 Å². The van der Waals surface area contributed by atoms with E-state index in [1.807, 2.05) is 0 Å². The van der Waals surface area contributed by atoms with Gasteiger partial charge in [0.15, 0.2) is 6.10 Å². The van der Waals surface area contributed by atoms with E-state index in [9.17, 15) is 14.2 Å². The number of esters is 2. The molecule has 1 atom stereocenters. The van der Waals surface area contributed by atoms with Gasteiger partial charge in [0.1, 0.15) is 6.61 Å². The number of ether oxygens (including phenoxy) is 2. The van der Waals surface area contributed by atoms with Crippen molar-refractivity contribution in [1.82, 2.24) is 0 Å². The summed E-state index contributed by atoms with van der Waals surface area (Å²) in [6.45, 7) is 3.64. The smallest absolute Gasteiger partial charge is 0.462 e. The second-order valence-corrected chi connectivity index (χ2v) is 14.5.